The number of para-hydroxylation sites is 1. The van der Waals surface area contributed by atoms with Gasteiger partial charge in [-0.3, -0.25) is 9.78 Å². The average Bonchev–Trinajstić information content (AvgIpc) is 2.75. The molecule has 0 aliphatic heterocycles. The van der Waals surface area contributed by atoms with Crippen LogP contribution in [0.2, 0.25) is 0 Å². The van der Waals surface area contributed by atoms with E-state index in [1.807, 2.05) is 0 Å². The first-order chi connectivity index (χ1) is 13.5. The number of aromatic nitrogens is 1. The highest BCUT2D eigenvalue weighted by Gasteiger charge is 2.30. The predicted octanol–water partition coefficient (Wildman–Crippen LogP) is 3.04. The van der Waals surface area contributed by atoms with Gasteiger partial charge in [0.25, 0.3) is 5.91 Å². The number of carbonyl (C=O) groups is 1. The van der Waals surface area contributed by atoms with Crippen LogP contribution >= 0.6 is 0 Å². The minimum atomic E-state index is -3.73. The second-order valence-corrected chi connectivity index (χ2v) is 8.17. The lowest BCUT2D eigenvalue weighted by Gasteiger charge is -2.19. The lowest BCUT2D eigenvalue weighted by molar-refractivity contribution is 0.0950. The van der Waals surface area contributed by atoms with Gasteiger partial charge in [-0.15, -0.1) is 0 Å². The quantitative estimate of drug-likeness (QED) is 0.663. The van der Waals surface area contributed by atoms with E-state index in [1.54, 1.807) is 72.9 Å². The second-order valence-electron chi connectivity index (χ2n) is 6.04. The van der Waals surface area contributed by atoms with Gasteiger partial charge in [-0.2, -0.15) is 0 Å². The number of nitrogens with one attached hydrogen (secondary N) is 1. The van der Waals surface area contributed by atoms with Gasteiger partial charge in [0.15, 0.2) is 9.84 Å². The van der Waals surface area contributed by atoms with Gasteiger partial charge < -0.3 is 10.1 Å². The average molecular weight is 396 g/mol. The highest BCUT2D eigenvalue weighted by atomic mass is 32.2. The Morgan fingerprint density at radius 1 is 1.04 bits per heavy atom. The first kappa shape index (κ1) is 19.6. The first-order valence-electron chi connectivity index (χ1n) is 8.64. The van der Waals surface area contributed by atoms with E-state index in [1.165, 1.54) is 13.3 Å². The van der Waals surface area contributed by atoms with E-state index >= 15 is 0 Å². The van der Waals surface area contributed by atoms with E-state index in [0.29, 0.717) is 16.9 Å². The topological polar surface area (TPSA) is 85.4 Å². The zero-order valence-corrected chi connectivity index (χ0v) is 16.1. The Kier molecular flexibility index (Phi) is 6.06. The number of hydrogen-bond acceptors (Lipinski definition) is 5. The number of sulfone groups is 1. The van der Waals surface area contributed by atoms with Crippen molar-refractivity contribution in [3.63, 3.8) is 0 Å². The Hall–Kier alpha value is -3.19. The van der Waals surface area contributed by atoms with Crippen molar-refractivity contribution in [1.82, 2.24) is 10.3 Å². The summed E-state index contributed by atoms with van der Waals surface area (Å²) in [5.74, 6) is 0.0125. The van der Waals surface area contributed by atoms with Crippen LogP contribution in [0, 0.1) is 0 Å². The highest BCUT2D eigenvalue weighted by Crippen LogP contribution is 2.28. The Labute approximate surface area is 164 Å². The molecule has 1 atom stereocenters. The minimum Gasteiger partial charge on any atom is -0.496 e. The van der Waals surface area contributed by atoms with E-state index in [4.69, 9.17) is 4.74 Å². The molecule has 0 unspecified atom stereocenters. The molecule has 1 N–H and O–H groups in total. The molecular weight excluding hydrogens is 376 g/mol. The van der Waals surface area contributed by atoms with Gasteiger partial charge in [-0.05, 0) is 35.9 Å². The van der Waals surface area contributed by atoms with Gasteiger partial charge in [0.05, 0.1) is 17.6 Å². The van der Waals surface area contributed by atoms with Crippen molar-refractivity contribution in [3.8, 4) is 5.75 Å². The fourth-order valence-corrected chi connectivity index (χ4v) is 4.53. The number of amides is 1. The third kappa shape index (κ3) is 4.20. The van der Waals surface area contributed by atoms with Crippen LogP contribution in [-0.2, 0) is 9.84 Å². The van der Waals surface area contributed by atoms with E-state index in [9.17, 15) is 13.2 Å². The Morgan fingerprint density at radius 2 is 1.75 bits per heavy atom. The predicted molar refractivity (Wildman–Crippen MR) is 106 cm³/mol. The van der Waals surface area contributed by atoms with Crippen molar-refractivity contribution in [2.24, 2.45) is 0 Å². The summed E-state index contributed by atoms with van der Waals surface area (Å²) < 4.78 is 31.6. The van der Waals surface area contributed by atoms with Crippen molar-refractivity contribution >= 4 is 15.7 Å². The van der Waals surface area contributed by atoms with Crippen LogP contribution < -0.4 is 10.1 Å². The molecule has 1 aromatic heterocycles. The van der Waals surface area contributed by atoms with Crippen molar-refractivity contribution in [2.75, 3.05) is 13.7 Å². The fourth-order valence-electron chi connectivity index (χ4n) is 2.86. The van der Waals surface area contributed by atoms with Gasteiger partial charge in [-0.1, -0.05) is 36.4 Å². The summed E-state index contributed by atoms with van der Waals surface area (Å²) in [4.78, 5) is 16.8. The molecule has 3 aromatic rings. The van der Waals surface area contributed by atoms with Gasteiger partial charge in [-0.25, -0.2) is 8.42 Å². The van der Waals surface area contributed by atoms with Crippen molar-refractivity contribution in [2.45, 2.75) is 10.1 Å². The molecule has 3 rings (SSSR count). The number of carbonyl (C=O) groups excluding carboxylic acids is 1. The molecule has 28 heavy (non-hydrogen) atoms. The zero-order chi connectivity index (χ0) is 20.0. The van der Waals surface area contributed by atoms with Crippen LogP contribution in [0.1, 0.15) is 21.2 Å². The second kappa shape index (κ2) is 8.67. The molecule has 6 nitrogen and oxygen atoms in total. The molecule has 0 radical (unpaired) electrons. The number of rotatable bonds is 7. The minimum absolute atomic E-state index is 0.0974. The molecule has 0 aliphatic rings. The number of nitrogens with zero attached hydrogens (tertiary/aromatic N) is 1. The highest BCUT2D eigenvalue weighted by molar-refractivity contribution is 7.91. The summed E-state index contributed by atoms with van der Waals surface area (Å²) in [6, 6.07) is 18.3. The van der Waals surface area contributed by atoms with Gasteiger partial charge in [0.1, 0.15) is 11.0 Å². The number of pyridine rings is 1. The van der Waals surface area contributed by atoms with Crippen molar-refractivity contribution < 1.29 is 17.9 Å². The Morgan fingerprint density at radius 3 is 2.43 bits per heavy atom. The zero-order valence-electron chi connectivity index (χ0n) is 15.3. The third-order valence-electron chi connectivity index (χ3n) is 4.30. The molecule has 144 valence electrons. The summed E-state index contributed by atoms with van der Waals surface area (Å²) in [7, 11) is -2.26. The van der Waals surface area contributed by atoms with Crippen LogP contribution in [0.4, 0.5) is 0 Å². The van der Waals surface area contributed by atoms with Crippen LogP contribution in [0.5, 0.6) is 5.75 Å². The molecule has 2 aromatic carbocycles. The smallest absolute Gasteiger partial charge is 0.255 e. The largest absolute Gasteiger partial charge is 0.496 e. The number of ether oxygens (including phenoxy) is 1. The van der Waals surface area contributed by atoms with Gasteiger partial charge >= 0.3 is 0 Å². The van der Waals surface area contributed by atoms with Gasteiger partial charge in [0.2, 0.25) is 0 Å². The number of hydrogen-bond donors (Lipinski definition) is 1. The SMILES string of the molecule is COc1ccccc1C(=O)NC[C@H](c1cccnc1)S(=O)(=O)c1ccccc1. The molecule has 1 amide bonds. The monoisotopic (exact) mass is 396 g/mol. The number of benzene rings is 2. The van der Waals surface area contributed by atoms with Crippen LogP contribution in [0.25, 0.3) is 0 Å². The van der Waals surface area contributed by atoms with Crippen LogP contribution in [0.3, 0.4) is 0 Å². The van der Waals surface area contributed by atoms with Crippen LogP contribution in [0.15, 0.2) is 84.0 Å². The van der Waals surface area contributed by atoms with Gasteiger partial charge in [0, 0.05) is 18.9 Å². The van der Waals surface area contributed by atoms with E-state index in [0.717, 1.165) is 0 Å². The summed E-state index contributed by atoms with van der Waals surface area (Å²) in [6.07, 6.45) is 3.07. The fraction of sp³-hybridized carbons (Fsp3) is 0.143. The lowest BCUT2D eigenvalue weighted by atomic mass is 10.1. The molecule has 0 aliphatic carbocycles. The molecular formula is C21H20N2O4S. The third-order valence-corrected chi connectivity index (χ3v) is 6.42. The Bertz CT molecular complexity index is 1040. The molecule has 7 heteroatoms. The molecule has 0 saturated carbocycles. The summed E-state index contributed by atoms with van der Waals surface area (Å²) in [5, 5.41) is 1.75. The molecule has 0 fully saturated rings. The number of methoxy groups -OCH3 is 1. The summed E-state index contributed by atoms with van der Waals surface area (Å²) >= 11 is 0. The van der Waals surface area contributed by atoms with E-state index < -0.39 is 21.0 Å². The van der Waals surface area contributed by atoms with Crippen LogP contribution in [-0.4, -0.2) is 33.0 Å². The normalized spacial score (nSPS) is 12.2. The standard InChI is InChI=1S/C21H20N2O4S/c1-27-19-12-6-5-11-18(19)21(24)23-15-20(16-8-7-13-22-14-16)28(25,26)17-9-3-2-4-10-17/h2-14,20H,15H2,1H3,(H,23,24)/t20-/m1/s1. The van der Waals surface area contributed by atoms with Crippen molar-refractivity contribution in [3.05, 3.63) is 90.3 Å². The Balaban J connectivity index is 1.90. The maximum absolute atomic E-state index is 13.2. The summed E-state index contributed by atoms with van der Waals surface area (Å²) in [5.41, 5.74) is 0.846. The first-order valence-corrected chi connectivity index (χ1v) is 10.2. The summed E-state index contributed by atoms with van der Waals surface area (Å²) in [6.45, 7) is -0.0974. The molecule has 0 bridgehead atoms. The maximum atomic E-state index is 13.2. The van der Waals surface area contributed by atoms with E-state index in [-0.39, 0.29) is 11.4 Å². The molecule has 0 spiro atoms. The lowest BCUT2D eigenvalue weighted by Crippen LogP contribution is -2.32. The molecule has 1 heterocycles. The molecule has 0 saturated heterocycles. The van der Waals surface area contributed by atoms with E-state index in [2.05, 4.69) is 10.3 Å². The maximum Gasteiger partial charge on any atom is 0.255 e. The van der Waals surface area contributed by atoms with Crippen molar-refractivity contribution in [1.29, 1.82) is 0 Å².